The van der Waals surface area contributed by atoms with Crippen LogP contribution in [-0.2, 0) is 16.1 Å². The third-order valence-electron chi connectivity index (χ3n) is 5.44. The average Bonchev–Trinajstić information content (AvgIpc) is 3.41. The number of aromatic nitrogens is 1. The molecule has 7 heteroatoms. The van der Waals surface area contributed by atoms with Crippen molar-refractivity contribution in [1.82, 2.24) is 9.88 Å². The zero-order chi connectivity index (χ0) is 22.5. The highest BCUT2D eigenvalue weighted by molar-refractivity contribution is 7.14. The van der Waals surface area contributed by atoms with E-state index in [-0.39, 0.29) is 24.2 Å². The van der Waals surface area contributed by atoms with Gasteiger partial charge in [0.1, 0.15) is 5.75 Å². The number of hydrogen-bond donors (Lipinski definition) is 1. The molecule has 1 atom stereocenters. The molecule has 32 heavy (non-hydrogen) atoms. The third-order valence-corrected chi connectivity index (χ3v) is 6.19. The number of rotatable bonds is 8. The number of carbonyl (C=O) groups is 2. The normalized spacial score (nSPS) is 15.8. The lowest BCUT2D eigenvalue weighted by Crippen LogP contribution is -2.28. The highest BCUT2D eigenvalue weighted by Crippen LogP contribution is 2.28. The summed E-state index contributed by atoms with van der Waals surface area (Å²) in [5.41, 5.74) is 4.02. The molecule has 3 aromatic rings. The van der Waals surface area contributed by atoms with Crippen LogP contribution in [0.3, 0.4) is 0 Å². The van der Waals surface area contributed by atoms with Gasteiger partial charge >= 0.3 is 0 Å². The minimum atomic E-state index is -0.365. The number of ether oxygens (including phenoxy) is 1. The smallest absolute Gasteiger partial charge is 0.231 e. The number of hydrogen-bond acceptors (Lipinski definition) is 5. The number of likely N-dealkylation sites (tertiary alicyclic amines) is 1. The van der Waals surface area contributed by atoms with Gasteiger partial charge in [-0.2, -0.15) is 0 Å². The molecular weight excluding hydrogens is 422 g/mol. The number of nitrogens with zero attached hydrogens (tertiary/aromatic N) is 2. The maximum absolute atomic E-state index is 12.8. The van der Waals surface area contributed by atoms with Crippen LogP contribution in [0.25, 0.3) is 11.3 Å². The van der Waals surface area contributed by atoms with Crippen molar-refractivity contribution in [2.75, 3.05) is 18.5 Å². The fraction of sp³-hybridized carbons (Fsp3) is 0.320. The van der Waals surface area contributed by atoms with Gasteiger partial charge in [-0.05, 0) is 43.2 Å². The molecule has 0 saturated carbocycles. The standard InChI is InChI=1S/C25H27N3O3S/c1-3-12-31-21-10-8-19(9-11-21)22-16-32-25(26-22)27-24(30)20-13-23(29)28(15-20)14-18-6-4-17(2)5-7-18/h4-11,16,20H,3,12-15H2,1-2H3,(H,26,27,30). The zero-order valence-corrected chi connectivity index (χ0v) is 19.2. The second kappa shape index (κ2) is 9.96. The lowest BCUT2D eigenvalue weighted by atomic mass is 10.1. The number of amides is 2. The van der Waals surface area contributed by atoms with Crippen molar-refractivity contribution < 1.29 is 14.3 Å². The summed E-state index contributed by atoms with van der Waals surface area (Å²) in [6.45, 7) is 5.76. The molecule has 0 spiro atoms. The minimum absolute atomic E-state index is 0.0101. The Labute approximate surface area is 192 Å². The van der Waals surface area contributed by atoms with E-state index in [1.807, 2.05) is 60.8 Å². The van der Waals surface area contributed by atoms with E-state index in [9.17, 15) is 9.59 Å². The Hall–Kier alpha value is -3.19. The first-order valence-corrected chi connectivity index (χ1v) is 11.7. The molecule has 1 aromatic heterocycles. The van der Waals surface area contributed by atoms with Gasteiger partial charge in [-0.3, -0.25) is 9.59 Å². The van der Waals surface area contributed by atoms with Gasteiger partial charge < -0.3 is 15.0 Å². The number of thiazole rings is 1. The molecule has 1 aliphatic rings. The van der Waals surface area contributed by atoms with Crippen molar-refractivity contribution in [3.05, 3.63) is 65.0 Å². The quantitative estimate of drug-likeness (QED) is 0.531. The van der Waals surface area contributed by atoms with Crippen molar-refractivity contribution in [3.8, 4) is 17.0 Å². The van der Waals surface area contributed by atoms with Gasteiger partial charge in [0.15, 0.2) is 5.13 Å². The molecular formula is C25H27N3O3S. The first-order chi connectivity index (χ1) is 15.5. The average molecular weight is 450 g/mol. The largest absolute Gasteiger partial charge is 0.494 e. The van der Waals surface area contributed by atoms with Crippen molar-refractivity contribution in [2.45, 2.75) is 33.2 Å². The van der Waals surface area contributed by atoms with Gasteiger partial charge in [-0.15, -0.1) is 11.3 Å². The van der Waals surface area contributed by atoms with Crippen LogP contribution in [0.1, 0.15) is 30.9 Å². The van der Waals surface area contributed by atoms with Crippen LogP contribution in [0.4, 0.5) is 5.13 Å². The van der Waals surface area contributed by atoms with Gasteiger partial charge in [0.25, 0.3) is 0 Å². The Bertz CT molecular complexity index is 1080. The highest BCUT2D eigenvalue weighted by Gasteiger charge is 2.34. The summed E-state index contributed by atoms with van der Waals surface area (Å²) in [5.74, 6) is 0.320. The van der Waals surface area contributed by atoms with Crippen molar-refractivity contribution in [1.29, 1.82) is 0 Å². The monoisotopic (exact) mass is 449 g/mol. The number of anilines is 1. The second-order valence-corrected chi connectivity index (χ2v) is 8.92. The van der Waals surface area contributed by atoms with Gasteiger partial charge in [-0.25, -0.2) is 4.98 Å². The van der Waals surface area contributed by atoms with Crippen LogP contribution in [0.2, 0.25) is 0 Å². The van der Waals surface area contributed by atoms with E-state index in [0.29, 0.717) is 24.8 Å². The fourth-order valence-electron chi connectivity index (χ4n) is 3.63. The molecule has 166 valence electrons. The van der Waals surface area contributed by atoms with Crippen LogP contribution >= 0.6 is 11.3 Å². The molecule has 2 aromatic carbocycles. The van der Waals surface area contributed by atoms with E-state index in [1.54, 1.807) is 4.90 Å². The molecule has 4 rings (SSSR count). The van der Waals surface area contributed by atoms with Crippen LogP contribution in [0, 0.1) is 12.8 Å². The summed E-state index contributed by atoms with van der Waals surface area (Å²) in [6.07, 6.45) is 1.20. The highest BCUT2D eigenvalue weighted by atomic mass is 32.1. The van der Waals surface area contributed by atoms with E-state index in [1.165, 1.54) is 16.9 Å². The van der Waals surface area contributed by atoms with Crippen LogP contribution < -0.4 is 10.1 Å². The molecule has 2 amide bonds. The van der Waals surface area contributed by atoms with Gasteiger partial charge in [0.2, 0.25) is 11.8 Å². The molecule has 1 aliphatic heterocycles. The van der Waals surface area contributed by atoms with Crippen LogP contribution in [0.5, 0.6) is 5.75 Å². The van der Waals surface area contributed by atoms with Gasteiger partial charge in [-0.1, -0.05) is 36.8 Å². The zero-order valence-electron chi connectivity index (χ0n) is 18.3. The van der Waals surface area contributed by atoms with Crippen molar-refractivity contribution in [2.24, 2.45) is 5.92 Å². The molecule has 0 bridgehead atoms. The first-order valence-electron chi connectivity index (χ1n) is 10.8. The Morgan fingerprint density at radius 1 is 1.19 bits per heavy atom. The fourth-order valence-corrected chi connectivity index (χ4v) is 4.35. The van der Waals surface area contributed by atoms with E-state index in [0.717, 1.165) is 29.0 Å². The Morgan fingerprint density at radius 2 is 1.94 bits per heavy atom. The van der Waals surface area contributed by atoms with Crippen LogP contribution in [-0.4, -0.2) is 34.8 Å². The Kier molecular flexibility index (Phi) is 6.85. The summed E-state index contributed by atoms with van der Waals surface area (Å²) < 4.78 is 5.61. The summed E-state index contributed by atoms with van der Waals surface area (Å²) in [5, 5.41) is 5.35. The predicted octanol–water partition coefficient (Wildman–Crippen LogP) is 4.89. The topological polar surface area (TPSA) is 71.5 Å². The SMILES string of the molecule is CCCOc1ccc(-c2csc(NC(=O)C3CC(=O)N(Cc4ccc(C)cc4)C3)n2)cc1. The molecule has 1 fully saturated rings. The minimum Gasteiger partial charge on any atom is -0.494 e. The number of nitrogens with one attached hydrogen (secondary N) is 1. The van der Waals surface area contributed by atoms with E-state index >= 15 is 0 Å². The molecule has 1 unspecified atom stereocenters. The van der Waals surface area contributed by atoms with E-state index in [2.05, 4.69) is 17.2 Å². The van der Waals surface area contributed by atoms with Gasteiger partial charge in [0.05, 0.1) is 18.2 Å². The van der Waals surface area contributed by atoms with Crippen molar-refractivity contribution >= 4 is 28.3 Å². The maximum Gasteiger partial charge on any atom is 0.231 e. The first kappa shape index (κ1) is 22.0. The van der Waals surface area contributed by atoms with Crippen LogP contribution in [0.15, 0.2) is 53.9 Å². The Morgan fingerprint density at radius 3 is 2.66 bits per heavy atom. The summed E-state index contributed by atoms with van der Waals surface area (Å²) >= 11 is 1.38. The number of aryl methyl sites for hydroxylation is 1. The molecule has 1 saturated heterocycles. The summed E-state index contributed by atoms with van der Waals surface area (Å²) in [6, 6.07) is 15.9. The molecule has 0 aliphatic carbocycles. The van der Waals surface area contributed by atoms with E-state index < -0.39 is 0 Å². The summed E-state index contributed by atoms with van der Waals surface area (Å²) in [7, 11) is 0. The lowest BCUT2D eigenvalue weighted by molar-refractivity contribution is -0.128. The summed E-state index contributed by atoms with van der Waals surface area (Å²) in [4.78, 5) is 31.5. The molecule has 2 heterocycles. The maximum atomic E-state index is 12.8. The predicted molar refractivity (Wildman–Crippen MR) is 127 cm³/mol. The molecule has 0 radical (unpaired) electrons. The molecule has 6 nitrogen and oxygen atoms in total. The molecule has 1 N–H and O–H groups in total. The van der Waals surface area contributed by atoms with Crippen molar-refractivity contribution in [3.63, 3.8) is 0 Å². The Balaban J connectivity index is 1.34. The third kappa shape index (κ3) is 5.34. The number of benzene rings is 2. The van der Waals surface area contributed by atoms with Gasteiger partial charge in [0, 0.05) is 30.5 Å². The number of carbonyl (C=O) groups excluding carboxylic acids is 2. The second-order valence-electron chi connectivity index (χ2n) is 8.06. The lowest BCUT2D eigenvalue weighted by Gasteiger charge is -2.16. The van der Waals surface area contributed by atoms with E-state index in [4.69, 9.17) is 4.74 Å².